The minimum Gasteiger partial charge on any atom is -0.376 e. The van der Waals surface area contributed by atoms with Crippen molar-refractivity contribution in [2.24, 2.45) is 0 Å². The lowest BCUT2D eigenvalue weighted by Crippen LogP contribution is -2.41. The summed E-state index contributed by atoms with van der Waals surface area (Å²) in [4.78, 5) is 3.25. The molecule has 30 heavy (non-hydrogen) atoms. The second kappa shape index (κ2) is 8.86. The summed E-state index contributed by atoms with van der Waals surface area (Å²) < 4.78 is 6.44. The molecule has 0 aliphatic carbocycles. The maximum Gasteiger partial charge on any atom is 0.0685 e. The lowest BCUT2D eigenvalue weighted by molar-refractivity contribution is -0.0116. The van der Waals surface area contributed by atoms with Crippen LogP contribution in [0.3, 0.4) is 0 Å². The fraction of sp³-hybridized carbons (Fsp3) is 0.259. The normalized spacial score (nSPS) is 19.4. The molecule has 2 N–H and O–H groups in total. The Morgan fingerprint density at radius 2 is 1.60 bits per heavy atom. The highest BCUT2D eigenvalue weighted by molar-refractivity contribution is 5.79. The molecule has 1 saturated heterocycles. The van der Waals surface area contributed by atoms with Gasteiger partial charge in [-0.25, -0.2) is 0 Å². The predicted molar refractivity (Wildman–Crippen MR) is 123 cm³/mol. The summed E-state index contributed by atoms with van der Waals surface area (Å²) in [6.45, 7) is 1.63. The second-order valence-corrected chi connectivity index (χ2v) is 8.23. The Kier molecular flexibility index (Phi) is 5.65. The minimum atomic E-state index is 0.212. The number of rotatable bonds is 6. The van der Waals surface area contributed by atoms with Gasteiger partial charge in [0.2, 0.25) is 0 Å². The summed E-state index contributed by atoms with van der Waals surface area (Å²) in [6.07, 6.45) is 4.40. The highest BCUT2D eigenvalue weighted by Crippen LogP contribution is 2.34. The molecular weight excluding hydrogens is 368 g/mol. The molecule has 1 aromatic heterocycles. The van der Waals surface area contributed by atoms with Gasteiger partial charge in [-0.3, -0.25) is 0 Å². The summed E-state index contributed by atoms with van der Waals surface area (Å²) >= 11 is 0. The molecule has 3 heteroatoms. The molecule has 1 fully saturated rings. The predicted octanol–water partition coefficient (Wildman–Crippen LogP) is 5.64. The van der Waals surface area contributed by atoms with Gasteiger partial charge in [-0.15, -0.1) is 0 Å². The van der Waals surface area contributed by atoms with Crippen LogP contribution in [0.5, 0.6) is 0 Å². The number of benzene rings is 3. The van der Waals surface area contributed by atoms with Crippen molar-refractivity contribution in [3.8, 4) is 0 Å². The number of fused-ring (bicyclic) bond motifs is 1. The number of nitrogens with one attached hydrogen (secondary N) is 2. The monoisotopic (exact) mass is 396 g/mol. The van der Waals surface area contributed by atoms with E-state index in [0.717, 1.165) is 26.0 Å². The van der Waals surface area contributed by atoms with Crippen LogP contribution in [0.25, 0.3) is 10.9 Å². The topological polar surface area (TPSA) is 37.0 Å². The molecule has 0 amide bonds. The molecule has 0 bridgehead atoms. The average Bonchev–Trinajstić information content (AvgIpc) is 3.28. The molecule has 2 unspecified atom stereocenters. The highest BCUT2D eigenvalue weighted by Gasteiger charge is 2.30. The van der Waals surface area contributed by atoms with Crippen molar-refractivity contribution >= 4 is 10.9 Å². The number of aromatic amines is 1. The lowest BCUT2D eigenvalue weighted by Gasteiger charge is -2.35. The fourth-order valence-corrected chi connectivity index (χ4v) is 4.61. The Morgan fingerprint density at radius 3 is 2.27 bits per heavy atom. The molecule has 5 rings (SSSR count). The zero-order chi connectivity index (χ0) is 20.2. The molecule has 3 nitrogen and oxygen atoms in total. The molecule has 0 saturated carbocycles. The van der Waals surface area contributed by atoms with Gasteiger partial charge in [0.05, 0.1) is 12.7 Å². The third kappa shape index (κ3) is 4.18. The maximum absolute atomic E-state index is 6.44. The van der Waals surface area contributed by atoms with Crippen LogP contribution in [0, 0.1) is 0 Å². The van der Waals surface area contributed by atoms with Crippen LogP contribution >= 0.6 is 0 Å². The standard InChI is InChI=1S/C27H28N2O/c1-3-7-21(8-4-1)27(22-9-5-2-6-10-22)26-14-12-24(19-30-26)29-18-20-11-13-25-23(17-20)15-16-28-25/h1-11,13,15-17,24,26-29H,12,14,18-19H2. The van der Waals surface area contributed by atoms with Gasteiger partial charge in [0.25, 0.3) is 0 Å². The zero-order valence-corrected chi connectivity index (χ0v) is 17.1. The summed E-state index contributed by atoms with van der Waals surface area (Å²) in [6, 6.07) is 30.7. The van der Waals surface area contributed by atoms with Crippen LogP contribution in [0.15, 0.2) is 91.1 Å². The first kappa shape index (κ1) is 19.1. The molecular formula is C27H28N2O. The smallest absolute Gasteiger partial charge is 0.0685 e. The lowest BCUT2D eigenvalue weighted by atomic mass is 9.83. The minimum absolute atomic E-state index is 0.212. The van der Waals surface area contributed by atoms with Gasteiger partial charge in [-0.2, -0.15) is 0 Å². The van der Waals surface area contributed by atoms with Crippen molar-refractivity contribution in [1.82, 2.24) is 10.3 Å². The SMILES string of the molecule is c1ccc(C(c2ccccc2)C2CCC(NCc3ccc4[nH]ccc4c3)CO2)cc1. The number of hydrogen-bond acceptors (Lipinski definition) is 2. The van der Waals surface area contributed by atoms with Crippen molar-refractivity contribution in [2.45, 2.75) is 37.5 Å². The molecule has 4 aromatic rings. The van der Waals surface area contributed by atoms with Gasteiger partial charge in [0, 0.05) is 30.2 Å². The van der Waals surface area contributed by atoms with E-state index in [1.165, 1.54) is 27.6 Å². The van der Waals surface area contributed by atoms with E-state index >= 15 is 0 Å². The molecule has 1 aliphatic heterocycles. The molecule has 3 aromatic carbocycles. The second-order valence-electron chi connectivity index (χ2n) is 8.23. The Labute approximate surface area is 178 Å². The molecule has 0 spiro atoms. The van der Waals surface area contributed by atoms with E-state index in [9.17, 15) is 0 Å². The van der Waals surface area contributed by atoms with Gasteiger partial charge in [0.1, 0.15) is 0 Å². The van der Waals surface area contributed by atoms with E-state index < -0.39 is 0 Å². The van der Waals surface area contributed by atoms with Crippen LogP contribution in [0.4, 0.5) is 0 Å². The van der Waals surface area contributed by atoms with Crippen LogP contribution in [0.2, 0.25) is 0 Å². The summed E-state index contributed by atoms with van der Waals surface area (Å²) in [5.41, 5.74) is 5.17. The average molecular weight is 397 g/mol. The number of H-pyrrole nitrogens is 1. The maximum atomic E-state index is 6.44. The largest absolute Gasteiger partial charge is 0.376 e. The van der Waals surface area contributed by atoms with E-state index in [1.54, 1.807) is 0 Å². The van der Waals surface area contributed by atoms with Gasteiger partial charge in [0.15, 0.2) is 0 Å². The third-order valence-electron chi connectivity index (χ3n) is 6.21. The Balaban J connectivity index is 1.23. The molecule has 2 heterocycles. The van der Waals surface area contributed by atoms with E-state index in [0.29, 0.717) is 6.04 Å². The molecule has 152 valence electrons. The van der Waals surface area contributed by atoms with Gasteiger partial charge >= 0.3 is 0 Å². The first-order valence-electron chi connectivity index (χ1n) is 10.9. The molecule has 1 aliphatic rings. The summed E-state index contributed by atoms with van der Waals surface area (Å²) in [5.74, 6) is 0.282. The first-order chi connectivity index (χ1) is 14.9. The first-order valence-corrected chi connectivity index (χ1v) is 10.9. The van der Waals surface area contributed by atoms with Crippen molar-refractivity contribution in [3.05, 3.63) is 108 Å². The van der Waals surface area contributed by atoms with Crippen molar-refractivity contribution in [2.75, 3.05) is 6.61 Å². The van der Waals surface area contributed by atoms with Crippen LogP contribution < -0.4 is 5.32 Å². The summed E-state index contributed by atoms with van der Waals surface area (Å²) in [5, 5.41) is 4.97. The van der Waals surface area contributed by atoms with Crippen LogP contribution in [-0.4, -0.2) is 23.7 Å². The molecule has 2 atom stereocenters. The third-order valence-corrected chi connectivity index (χ3v) is 6.21. The Bertz CT molecular complexity index is 1030. The van der Waals surface area contributed by atoms with Crippen molar-refractivity contribution in [3.63, 3.8) is 0 Å². The van der Waals surface area contributed by atoms with Gasteiger partial charge in [-0.05, 0) is 53.1 Å². The number of aromatic nitrogens is 1. The van der Waals surface area contributed by atoms with E-state index in [4.69, 9.17) is 4.74 Å². The van der Waals surface area contributed by atoms with Gasteiger partial charge in [-0.1, -0.05) is 66.7 Å². The Morgan fingerprint density at radius 1 is 0.867 bits per heavy atom. The molecule has 0 radical (unpaired) electrons. The van der Waals surface area contributed by atoms with E-state index in [1.807, 2.05) is 6.20 Å². The van der Waals surface area contributed by atoms with Crippen molar-refractivity contribution in [1.29, 1.82) is 0 Å². The van der Waals surface area contributed by atoms with Gasteiger partial charge < -0.3 is 15.0 Å². The van der Waals surface area contributed by atoms with E-state index in [-0.39, 0.29) is 12.0 Å². The highest BCUT2D eigenvalue weighted by atomic mass is 16.5. The quantitative estimate of drug-likeness (QED) is 0.443. The van der Waals surface area contributed by atoms with Crippen LogP contribution in [0.1, 0.15) is 35.4 Å². The number of ether oxygens (including phenoxy) is 1. The van der Waals surface area contributed by atoms with Crippen LogP contribution in [-0.2, 0) is 11.3 Å². The Hall–Kier alpha value is -2.88. The zero-order valence-electron chi connectivity index (χ0n) is 17.1. The summed E-state index contributed by atoms with van der Waals surface area (Å²) in [7, 11) is 0. The van der Waals surface area contributed by atoms with E-state index in [2.05, 4.69) is 95.2 Å². The number of hydrogen-bond donors (Lipinski definition) is 2. The van der Waals surface area contributed by atoms with Crippen molar-refractivity contribution < 1.29 is 4.74 Å². The fourth-order valence-electron chi connectivity index (χ4n) is 4.61.